The predicted octanol–water partition coefficient (Wildman–Crippen LogP) is 4.26. The van der Waals surface area contributed by atoms with Crippen LogP contribution < -0.4 is 10.6 Å². The Bertz CT molecular complexity index is 967. The molecule has 0 fully saturated rings. The van der Waals surface area contributed by atoms with E-state index in [0.717, 1.165) is 22.3 Å². The molecule has 0 saturated heterocycles. The van der Waals surface area contributed by atoms with Gasteiger partial charge in [-0.3, -0.25) is 9.59 Å². The van der Waals surface area contributed by atoms with Gasteiger partial charge in [0.2, 0.25) is 5.91 Å². The number of rotatable bonds is 12. The molecule has 7 nitrogen and oxygen atoms in total. The summed E-state index contributed by atoms with van der Waals surface area (Å²) in [6, 6.07) is 15.5. The minimum absolute atomic E-state index is 0.0439. The maximum Gasteiger partial charge on any atom is 0.407 e. The van der Waals surface area contributed by atoms with Gasteiger partial charge in [-0.05, 0) is 53.0 Å². The largest absolute Gasteiger partial charge is 0.481 e. The molecule has 0 radical (unpaired) electrons. The van der Waals surface area contributed by atoms with Crippen molar-refractivity contribution in [1.29, 1.82) is 0 Å². The molecular formula is C26H32N2O5S. The SMILES string of the molecule is CSCC[C@H](NC(=O)OCC1c2ccccc2-c2ccccc21)C(=O)NCCC(C)CC(=O)O. The smallest absolute Gasteiger partial charge is 0.407 e. The first-order valence-corrected chi connectivity index (χ1v) is 12.9. The normalized spacial score (nSPS) is 13.9. The number of alkyl carbamates (subject to hydrolysis) is 1. The van der Waals surface area contributed by atoms with Gasteiger partial charge in [0.15, 0.2) is 0 Å². The third-order valence-corrected chi connectivity index (χ3v) is 6.67. The van der Waals surface area contributed by atoms with Crippen molar-refractivity contribution in [3.05, 3.63) is 59.7 Å². The summed E-state index contributed by atoms with van der Waals surface area (Å²) in [7, 11) is 0. The minimum atomic E-state index is -0.853. The molecule has 0 aromatic heterocycles. The Hall–Kier alpha value is -3.00. The van der Waals surface area contributed by atoms with Crippen molar-refractivity contribution >= 4 is 29.7 Å². The van der Waals surface area contributed by atoms with Crippen LogP contribution in [0.5, 0.6) is 0 Å². The van der Waals surface area contributed by atoms with Gasteiger partial charge in [-0.1, -0.05) is 55.5 Å². The van der Waals surface area contributed by atoms with E-state index in [-0.39, 0.29) is 30.8 Å². The second-order valence-corrected chi connectivity index (χ2v) is 9.57. The van der Waals surface area contributed by atoms with Crippen molar-refractivity contribution < 1.29 is 24.2 Å². The monoisotopic (exact) mass is 484 g/mol. The van der Waals surface area contributed by atoms with Crippen LogP contribution in [0.1, 0.15) is 43.2 Å². The molecule has 8 heteroatoms. The first-order chi connectivity index (χ1) is 16.4. The Balaban J connectivity index is 1.56. The van der Waals surface area contributed by atoms with Gasteiger partial charge in [0.05, 0.1) is 0 Å². The van der Waals surface area contributed by atoms with E-state index in [4.69, 9.17) is 9.84 Å². The average Bonchev–Trinajstić information content (AvgIpc) is 3.13. The predicted molar refractivity (Wildman–Crippen MR) is 134 cm³/mol. The molecule has 1 unspecified atom stereocenters. The summed E-state index contributed by atoms with van der Waals surface area (Å²) in [4.78, 5) is 36.1. The Labute approximate surface area is 204 Å². The minimum Gasteiger partial charge on any atom is -0.481 e. The van der Waals surface area contributed by atoms with E-state index in [1.165, 1.54) is 0 Å². The Morgan fingerprint density at radius 1 is 1.03 bits per heavy atom. The molecule has 0 saturated carbocycles. The van der Waals surface area contributed by atoms with Crippen molar-refractivity contribution in [3.63, 3.8) is 0 Å². The van der Waals surface area contributed by atoms with E-state index < -0.39 is 18.1 Å². The number of fused-ring (bicyclic) bond motifs is 3. The third kappa shape index (κ3) is 6.76. The second kappa shape index (κ2) is 12.5. The molecule has 34 heavy (non-hydrogen) atoms. The lowest BCUT2D eigenvalue weighted by atomic mass is 9.98. The maximum absolute atomic E-state index is 12.7. The molecule has 0 heterocycles. The van der Waals surface area contributed by atoms with Gasteiger partial charge >= 0.3 is 12.1 Å². The molecule has 1 aliphatic rings. The Morgan fingerprint density at radius 2 is 1.65 bits per heavy atom. The van der Waals surface area contributed by atoms with E-state index in [9.17, 15) is 14.4 Å². The fourth-order valence-electron chi connectivity index (χ4n) is 4.25. The van der Waals surface area contributed by atoms with Crippen molar-refractivity contribution in [2.24, 2.45) is 5.92 Å². The lowest BCUT2D eigenvalue weighted by Crippen LogP contribution is -2.47. The number of hydrogen-bond acceptors (Lipinski definition) is 5. The number of carbonyl (C=O) groups is 3. The zero-order chi connectivity index (χ0) is 24.5. The summed E-state index contributed by atoms with van der Waals surface area (Å²) in [6.45, 7) is 2.37. The second-order valence-electron chi connectivity index (χ2n) is 8.59. The topological polar surface area (TPSA) is 105 Å². The van der Waals surface area contributed by atoms with Gasteiger partial charge in [0.25, 0.3) is 0 Å². The lowest BCUT2D eigenvalue weighted by molar-refractivity contribution is -0.138. The number of ether oxygens (including phenoxy) is 1. The highest BCUT2D eigenvalue weighted by Gasteiger charge is 2.29. The van der Waals surface area contributed by atoms with Gasteiger partial charge in [0, 0.05) is 18.9 Å². The Morgan fingerprint density at radius 3 is 2.24 bits per heavy atom. The van der Waals surface area contributed by atoms with E-state index >= 15 is 0 Å². The molecule has 0 spiro atoms. The van der Waals surface area contributed by atoms with E-state index in [1.807, 2.05) is 37.4 Å². The van der Waals surface area contributed by atoms with Crippen molar-refractivity contribution in [2.75, 3.05) is 25.2 Å². The molecule has 0 aliphatic heterocycles. The highest BCUT2D eigenvalue weighted by atomic mass is 32.2. The number of amides is 2. The number of carboxylic acid groups (broad SMARTS) is 1. The van der Waals surface area contributed by atoms with Gasteiger partial charge in [-0.15, -0.1) is 0 Å². The maximum atomic E-state index is 12.7. The summed E-state index contributed by atoms with van der Waals surface area (Å²) < 4.78 is 5.58. The highest BCUT2D eigenvalue weighted by Crippen LogP contribution is 2.44. The van der Waals surface area contributed by atoms with Crippen molar-refractivity contribution in [1.82, 2.24) is 10.6 Å². The summed E-state index contributed by atoms with van der Waals surface area (Å²) in [5, 5.41) is 14.4. The standard InChI is InChI=1S/C26H32N2O5S/c1-17(15-24(29)30)11-13-27-25(31)23(12-14-34-2)28-26(32)33-16-22-20-9-5-3-7-18(20)19-8-4-6-10-21(19)22/h3-10,17,22-23H,11-16H2,1-2H3,(H,27,31)(H,28,32)(H,29,30)/t17?,23-/m0/s1. The molecule has 182 valence electrons. The van der Waals surface area contributed by atoms with E-state index in [0.29, 0.717) is 25.1 Å². The number of carbonyl (C=O) groups excluding carboxylic acids is 2. The number of benzene rings is 2. The van der Waals surface area contributed by atoms with Crippen LogP contribution in [0.15, 0.2) is 48.5 Å². The van der Waals surface area contributed by atoms with Gasteiger partial charge in [-0.2, -0.15) is 11.8 Å². The number of carboxylic acids is 1. The van der Waals surface area contributed by atoms with Crippen LogP contribution in [0, 0.1) is 5.92 Å². The molecule has 2 aromatic carbocycles. The van der Waals surface area contributed by atoms with Crippen LogP contribution in [0.4, 0.5) is 4.79 Å². The molecule has 0 bridgehead atoms. The van der Waals surface area contributed by atoms with Crippen LogP contribution in [0.3, 0.4) is 0 Å². The molecule has 2 atom stereocenters. The van der Waals surface area contributed by atoms with Gasteiger partial charge in [0.1, 0.15) is 12.6 Å². The number of nitrogens with one attached hydrogen (secondary N) is 2. The van der Waals surface area contributed by atoms with Crippen LogP contribution in [0.2, 0.25) is 0 Å². The molecular weight excluding hydrogens is 452 g/mol. The first-order valence-electron chi connectivity index (χ1n) is 11.5. The zero-order valence-electron chi connectivity index (χ0n) is 19.6. The van der Waals surface area contributed by atoms with E-state index in [2.05, 4.69) is 34.9 Å². The van der Waals surface area contributed by atoms with Crippen LogP contribution >= 0.6 is 11.8 Å². The molecule has 3 rings (SSSR count). The summed E-state index contributed by atoms with van der Waals surface area (Å²) in [6.07, 6.45) is 2.40. The van der Waals surface area contributed by atoms with Gasteiger partial charge < -0.3 is 20.5 Å². The number of hydrogen-bond donors (Lipinski definition) is 3. The zero-order valence-corrected chi connectivity index (χ0v) is 20.4. The van der Waals surface area contributed by atoms with E-state index in [1.54, 1.807) is 11.8 Å². The van der Waals surface area contributed by atoms with Crippen LogP contribution in [-0.4, -0.2) is 54.3 Å². The highest BCUT2D eigenvalue weighted by molar-refractivity contribution is 7.98. The summed E-state index contributed by atoms with van der Waals surface area (Å²) >= 11 is 1.59. The van der Waals surface area contributed by atoms with Crippen molar-refractivity contribution in [3.8, 4) is 11.1 Å². The molecule has 3 N–H and O–H groups in total. The quantitative estimate of drug-likeness (QED) is 0.416. The van der Waals surface area contributed by atoms with Crippen LogP contribution in [0.25, 0.3) is 11.1 Å². The number of thioether (sulfide) groups is 1. The first kappa shape index (κ1) is 25.6. The number of aliphatic carboxylic acids is 1. The summed E-state index contributed by atoms with van der Waals surface area (Å²) in [5.74, 6) is -0.527. The molecule has 2 aromatic rings. The fraction of sp³-hybridized carbons (Fsp3) is 0.423. The molecule has 2 amide bonds. The van der Waals surface area contributed by atoms with Crippen LogP contribution in [-0.2, 0) is 14.3 Å². The average molecular weight is 485 g/mol. The third-order valence-electron chi connectivity index (χ3n) is 6.02. The summed E-state index contributed by atoms with van der Waals surface area (Å²) in [5.41, 5.74) is 4.57. The van der Waals surface area contributed by atoms with Crippen molar-refractivity contribution in [2.45, 2.75) is 38.1 Å². The fourth-order valence-corrected chi connectivity index (χ4v) is 4.72. The molecule has 1 aliphatic carbocycles. The Kier molecular flexibility index (Phi) is 9.39. The van der Waals surface area contributed by atoms with Gasteiger partial charge in [-0.25, -0.2) is 4.79 Å². The lowest BCUT2D eigenvalue weighted by Gasteiger charge is -2.20.